The van der Waals surface area contributed by atoms with Gasteiger partial charge in [0.1, 0.15) is 6.10 Å². The van der Waals surface area contributed by atoms with Gasteiger partial charge in [0.2, 0.25) is 5.88 Å². The Kier molecular flexibility index (Phi) is 6.26. The molecule has 0 aliphatic carbocycles. The molecule has 5 heteroatoms. The van der Waals surface area contributed by atoms with Gasteiger partial charge in [-0.05, 0) is 26.5 Å². The maximum absolute atomic E-state index is 6.01. The molecule has 1 unspecified atom stereocenters. The smallest absolute Gasteiger partial charge is 0.213 e. The van der Waals surface area contributed by atoms with Crippen molar-refractivity contribution in [1.29, 1.82) is 0 Å². The third kappa shape index (κ3) is 4.89. The molecule has 1 aromatic rings. The van der Waals surface area contributed by atoms with Gasteiger partial charge >= 0.3 is 0 Å². The van der Waals surface area contributed by atoms with Crippen molar-refractivity contribution in [2.75, 3.05) is 20.3 Å². The molecule has 1 N–H and O–H groups in total. The number of pyridine rings is 1. The minimum Gasteiger partial charge on any atom is -0.472 e. The van der Waals surface area contributed by atoms with Crippen molar-refractivity contribution in [2.45, 2.75) is 26.5 Å². The van der Waals surface area contributed by atoms with E-state index in [1.807, 2.05) is 27.0 Å². The van der Waals surface area contributed by atoms with Gasteiger partial charge in [-0.2, -0.15) is 0 Å². The molecule has 0 fully saturated rings. The molecule has 1 atom stereocenters. The summed E-state index contributed by atoms with van der Waals surface area (Å²) >= 11 is 6.01. The number of hydrogen-bond donors (Lipinski definition) is 1. The molecule has 17 heavy (non-hydrogen) atoms. The van der Waals surface area contributed by atoms with Crippen LogP contribution < -0.4 is 10.1 Å². The second-order valence-electron chi connectivity index (χ2n) is 3.73. The predicted molar refractivity (Wildman–Crippen MR) is 68.6 cm³/mol. The summed E-state index contributed by atoms with van der Waals surface area (Å²) in [5, 5.41) is 3.69. The standard InChI is InChI=1S/C12H19ClN2O2/c1-4-16-8-9(2)17-12-5-10(6-14-3)11(13)7-15-12/h5,7,9,14H,4,6,8H2,1-3H3. The van der Waals surface area contributed by atoms with E-state index in [0.29, 0.717) is 30.7 Å². The fourth-order valence-corrected chi connectivity index (χ4v) is 1.54. The van der Waals surface area contributed by atoms with Crippen molar-refractivity contribution in [3.63, 3.8) is 0 Å². The Hall–Kier alpha value is -0.840. The lowest BCUT2D eigenvalue weighted by Crippen LogP contribution is -2.19. The Morgan fingerprint density at radius 2 is 2.29 bits per heavy atom. The van der Waals surface area contributed by atoms with Gasteiger partial charge in [0.05, 0.1) is 11.6 Å². The third-order valence-corrected chi connectivity index (χ3v) is 2.50. The first-order valence-electron chi connectivity index (χ1n) is 5.70. The maximum Gasteiger partial charge on any atom is 0.213 e. The minimum absolute atomic E-state index is 0.0222. The van der Waals surface area contributed by atoms with Crippen molar-refractivity contribution in [2.24, 2.45) is 0 Å². The largest absolute Gasteiger partial charge is 0.472 e. The van der Waals surface area contributed by atoms with E-state index in [2.05, 4.69) is 10.3 Å². The minimum atomic E-state index is -0.0222. The van der Waals surface area contributed by atoms with Crippen LogP contribution in [-0.2, 0) is 11.3 Å². The van der Waals surface area contributed by atoms with Crippen molar-refractivity contribution >= 4 is 11.6 Å². The highest BCUT2D eigenvalue weighted by Crippen LogP contribution is 2.19. The van der Waals surface area contributed by atoms with Crippen LogP contribution in [0.3, 0.4) is 0 Å². The van der Waals surface area contributed by atoms with Gasteiger partial charge < -0.3 is 14.8 Å². The topological polar surface area (TPSA) is 43.4 Å². The highest BCUT2D eigenvalue weighted by Gasteiger charge is 2.07. The summed E-state index contributed by atoms with van der Waals surface area (Å²) in [5.74, 6) is 0.576. The van der Waals surface area contributed by atoms with Crippen LogP contribution in [0.15, 0.2) is 12.3 Å². The van der Waals surface area contributed by atoms with Gasteiger partial charge in [0.25, 0.3) is 0 Å². The van der Waals surface area contributed by atoms with Gasteiger partial charge in [0.15, 0.2) is 0 Å². The highest BCUT2D eigenvalue weighted by atomic mass is 35.5. The van der Waals surface area contributed by atoms with E-state index in [4.69, 9.17) is 21.1 Å². The normalized spacial score (nSPS) is 12.5. The first kappa shape index (κ1) is 14.2. The molecule has 0 saturated heterocycles. The monoisotopic (exact) mass is 258 g/mol. The third-order valence-electron chi connectivity index (χ3n) is 2.16. The fraction of sp³-hybridized carbons (Fsp3) is 0.583. The molecule has 0 aliphatic heterocycles. The molecule has 0 bridgehead atoms. The van der Waals surface area contributed by atoms with Crippen LogP contribution in [-0.4, -0.2) is 31.3 Å². The summed E-state index contributed by atoms with van der Waals surface area (Å²) in [6.07, 6.45) is 1.59. The van der Waals surface area contributed by atoms with Crippen LogP contribution in [0.4, 0.5) is 0 Å². The molecule has 0 saturated carbocycles. The van der Waals surface area contributed by atoms with Crippen LogP contribution >= 0.6 is 11.6 Å². The second kappa shape index (κ2) is 7.48. The molecule has 1 aromatic heterocycles. The Labute approximate surface area is 107 Å². The lowest BCUT2D eigenvalue weighted by molar-refractivity contribution is 0.0633. The Morgan fingerprint density at radius 3 is 2.94 bits per heavy atom. The zero-order chi connectivity index (χ0) is 12.7. The highest BCUT2D eigenvalue weighted by molar-refractivity contribution is 6.31. The van der Waals surface area contributed by atoms with Crippen molar-refractivity contribution in [3.05, 3.63) is 22.8 Å². The molecule has 1 heterocycles. The van der Waals surface area contributed by atoms with Crippen molar-refractivity contribution < 1.29 is 9.47 Å². The summed E-state index contributed by atoms with van der Waals surface area (Å²) in [6.45, 7) is 5.84. The van der Waals surface area contributed by atoms with Crippen molar-refractivity contribution in [1.82, 2.24) is 10.3 Å². The van der Waals surface area contributed by atoms with E-state index >= 15 is 0 Å². The molecule has 0 aliphatic rings. The molecular weight excluding hydrogens is 240 g/mol. The van der Waals surface area contributed by atoms with Gasteiger partial charge in [-0.1, -0.05) is 11.6 Å². The summed E-state index contributed by atoms with van der Waals surface area (Å²) in [5.41, 5.74) is 0.975. The SMILES string of the molecule is CCOCC(C)Oc1cc(CNC)c(Cl)cn1. The average molecular weight is 259 g/mol. The number of halogens is 1. The number of ether oxygens (including phenoxy) is 2. The molecule has 0 amide bonds. The van der Waals surface area contributed by atoms with Crippen molar-refractivity contribution in [3.8, 4) is 5.88 Å². The maximum atomic E-state index is 6.01. The molecule has 96 valence electrons. The first-order chi connectivity index (χ1) is 8.17. The molecule has 4 nitrogen and oxygen atoms in total. The van der Waals surface area contributed by atoms with E-state index in [1.165, 1.54) is 0 Å². The van der Waals surface area contributed by atoms with Crippen LogP contribution in [0.1, 0.15) is 19.4 Å². The molecule has 0 spiro atoms. The Bertz CT molecular complexity index is 347. The number of rotatable bonds is 7. The Balaban J connectivity index is 2.61. The first-order valence-corrected chi connectivity index (χ1v) is 6.08. The lowest BCUT2D eigenvalue weighted by atomic mass is 10.2. The van der Waals surface area contributed by atoms with Crippen LogP contribution in [0.2, 0.25) is 5.02 Å². The predicted octanol–water partition coefficient (Wildman–Crippen LogP) is 2.26. The van der Waals surface area contributed by atoms with Crippen LogP contribution in [0.25, 0.3) is 0 Å². The van der Waals surface area contributed by atoms with E-state index in [0.717, 1.165) is 5.56 Å². The van der Waals surface area contributed by atoms with Crippen LogP contribution in [0, 0.1) is 0 Å². The summed E-state index contributed by atoms with van der Waals surface area (Å²) in [6, 6.07) is 1.85. The van der Waals surface area contributed by atoms with Gasteiger partial charge in [-0.25, -0.2) is 4.98 Å². The van der Waals surface area contributed by atoms with Gasteiger partial charge in [-0.3, -0.25) is 0 Å². The second-order valence-corrected chi connectivity index (χ2v) is 4.14. The number of nitrogens with one attached hydrogen (secondary N) is 1. The molecule has 0 radical (unpaired) electrons. The summed E-state index contributed by atoms with van der Waals surface area (Å²) in [4.78, 5) is 4.13. The van der Waals surface area contributed by atoms with Gasteiger partial charge in [0, 0.05) is 25.4 Å². The zero-order valence-corrected chi connectivity index (χ0v) is 11.3. The molecule has 1 rings (SSSR count). The summed E-state index contributed by atoms with van der Waals surface area (Å²) in [7, 11) is 1.87. The van der Waals surface area contributed by atoms with E-state index < -0.39 is 0 Å². The number of aromatic nitrogens is 1. The summed E-state index contributed by atoms with van der Waals surface area (Å²) < 4.78 is 10.9. The van der Waals surface area contributed by atoms with Gasteiger partial charge in [-0.15, -0.1) is 0 Å². The van der Waals surface area contributed by atoms with E-state index in [9.17, 15) is 0 Å². The number of hydrogen-bond acceptors (Lipinski definition) is 4. The Morgan fingerprint density at radius 1 is 1.53 bits per heavy atom. The van der Waals surface area contributed by atoms with E-state index in [1.54, 1.807) is 6.20 Å². The number of nitrogens with zero attached hydrogens (tertiary/aromatic N) is 1. The fourth-order valence-electron chi connectivity index (χ4n) is 1.37. The average Bonchev–Trinajstić information content (AvgIpc) is 2.31. The quantitative estimate of drug-likeness (QED) is 0.815. The van der Waals surface area contributed by atoms with E-state index in [-0.39, 0.29) is 6.10 Å². The zero-order valence-electron chi connectivity index (χ0n) is 10.5. The molecular formula is C12H19ClN2O2. The lowest BCUT2D eigenvalue weighted by Gasteiger charge is -2.14. The van der Waals surface area contributed by atoms with Crippen LogP contribution in [0.5, 0.6) is 5.88 Å². The molecule has 0 aromatic carbocycles.